The Morgan fingerprint density at radius 2 is 1.89 bits per heavy atom. The lowest BCUT2D eigenvalue weighted by Gasteiger charge is -2.17. The molecular formula is C16H24O3. The first-order chi connectivity index (χ1) is 9.33. The van der Waals surface area contributed by atoms with Crippen molar-refractivity contribution in [3.63, 3.8) is 0 Å². The third kappa shape index (κ3) is 4.22. The number of ether oxygens (including phenoxy) is 2. The molecule has 0 saturated heterocycles. The number of methoxy groups -OCH3 is 1. The maximum atomic E-state index is 9.20. The van der Waals surface area contributed by atoms with E-state index in [1.807, 2.05) is 18.2 Å². The standard InChI is InChI=1S/C16H24O3/c1-18-16-9-8-13(11-17)10-14(16)12-19-15-6-4-2-3-5-7-15/h8-10,15,17H,2-7,11-12H2,1H3. The van der Waals surface area contributed by atoms with E-state index in [0.717, 1.165) is 16.9 Å². The zero-order valence-electron chi connectivity index (χ0n) is 11.7. The Morgan fingerprint density at radius 3 is 2.53 bits per heavy atom. The fraction of sp³-hybridized carbons (Fsp3) is 0.625. The molecule has 0 heterocycles. The summed E-state index contributed by atoms with van der Waals surface area (Å²) in [7, 11) is 1.67. The van der Waals surface area contributed by atoms with E-state index in [-0.39, 0.29) is 6.61 Å². The highest BCUT2D eigenvalue weighted by Crippen LogP contribution is 2.24. The van der Waals surface area contributed by atoms with E-state index in [0.29, 0.717) is 12.7 Å². The van der Waals surface area contributed by atoms with Gasteiger partial charge >= 0.3 is 0 Å². The summed E-state index contributed by atoms with van der Waals surface area (Å²) < 4.78 is 11.4. The molecular weight excluding hydrogens is 240 g/mol. The SMILES string of the molecule is COc1ccc(CO)cc1COC1CCCCCC1. The van der Waals surface area contributed by atoms with Gasteiger partial charge in [-0.2, -0.15) is 0 Å². The normalized spacial score (nSPS) is 17.2. The summed E-state index contributed by atoms with van der Waals surface area (Å²) in [6.07, 6.45) is 7.94. The average Bonchev–Trinajstić information content (AvgIpc) is 2.73. The fourth-order valence-electron chi connectivity index (χ4n) is 2.66. The van der Waals surface area contributed by atoms with Crippen LogP contribution in [0.3, 0.4) is 0 Å². The van der Waals surface area contributed by atoms with E-state index in [1.54, 1.807) is 7.11 Å². The molecule has 1 aliphatic carbocycles. The third-order valence-electron chi connectivity index (χ3n) is 3.80. The summed E-state index contributed by atoms with van der Waals surface area (Å²) in [5.41, 5.74) is 1.93. The first-order valence-corrected chi connectivity index (χ1v) is 7.21. The second-order valence-corrected chi connectivity index (χ2v) is 5.23. The molecule has 3 heteroatoms. The number of benzene rings is 1. The van der Waals surface area contributed by atoms with Gasteiger partial charge in [-0.3, -0.25) is 0 Å². The molecule has 0 spiro atoms. The summed E-state index contributed by atoms with van der Waals surface area (Å²) in [5.74, 6) is 0.839. The number of aliphatic hydroxyl groups excluding tert-OH is 1. The van der Waals surface area contributed by atoms with E-state index in [2.05, 4.69) is 0 Å². The second-order valence-electron chi connectivity index (χ2n) is 5.23. The van der Waals surface area contributed by atoms with Gasteiger partial charge in [0, 0.05) is 5.56 Å². The lowest BCUT2D eigenvalue weighted by atomic mass is 10.1. The molecule has 1 saturated carbocycles. The molecule has 106 valence electrons. The van der Waals surface area contributed by atoms with Crippen LogP contribution in [0.5, 0.6) is 5.75 Å². The zero-order chi connectivity index (χ0) is 13.5. The Labute approximate surface area is 115 Å². The van der Waals surface area contributed by atoms with Gasteiger partial charge in [-0.25, -0.2) is 0 Å². The second kappa shape index (κ2) is 7.51. The maximum Gasteiger partial charge on any atom is 0.124 e. The Kier molecular flexibility index (Phi) is 5.67. The molecule has 1 aromatic carbocycles. The molecule has 0 atom stereocenters. The molecule has 0 radical (unpaired) electrons. The van der Waals surface area contributed by atoms with Crippen LogP contribution in [0.15, 0.2) is 18.2 Å². The largest absolute Gasteiger partial charge is 0.496 e. The third-order valence-corrected chi connectivity index (χ3v) is 3.80. The number of rotatable bonds is 5. The van der Waals surface area contributed by atoms with Crippen LogP contribution < -0.4 is 4.74 Å². The average molecular weight is 264 g/mol. The van der Waals surface area contributed by atoms with Gasteiger partial charge in [-0.05, 0) is 30.5 Å². The highest BCUT2D eigenvalue weighted by molar-refractivity contribution is 5.36. The smallest absolute Gasteiger partial charge is 0.124 e. The van der Waals surface area contributed by atoms with Crippen molar-refractivity contribution in [2.45, 2.75) is 57.8 Å². The van der Waals surface area contributed by atoms with Crippen molar-refractivity contribution < 1.29 is 14.6 Å². The number of aliphatic hydroxyl groups is 1. The van der Waals surface area contributed by atoms with Crippen LogP contribution in [0.25, 0.3) is 0 Å². The van der Waals surface area contributed by atoms with E-state index in [9.17, 15) is 5.11 Å². The van der Waals surface area contributed by atoms with Gasteiger partial charge in [0.1, 0.15) is 5.75 Å². The van der Waals surface area contributed by atoms with Crippen LogP contribution in [0.2, 0.25) is 0 Å². The lowest BCUT2D eigenvalue weighted by Crippen LogP contribution is -2.12. The molecule has 1 aromatic rings. The molecule has 0 aliphatic heterocycles. The van der Waals surface area contributed by atoms with Gasteiger partial charge in [0.25, 0.3) is 0 Å². The minimum Gasteiger partial charge on any atom is -0.496 e. The van der Waals surface area contributed by atoms with Crippen molar-refractivity contribution in [2.24, 2.45) is 0 Å². The number of hydrogen-bond acceptors (Lipinski definition) is 3. The quantitative estimate of drug-likeness (QED) is 0.828. The summed E-state index contributed by atoms with van der Waals surface area (Å²) in [4.78, 5) is 0. The Balaban J connectivity index is 1.96. The minimum absolute atomic E-state index is 0.0560. The fourth-order valence-corrected chi connectivity index (χ4v) is 2.66. The summed E-state index contributed by atoms with van der Waals surface area (Å²) in [5, 5.41) is 9.20. The topological polar surface area (TPSA) is 38.7 Å². The first kappa shape index (κ1) is 14.4. The molecule has 0 aromatic heterocycles. The Bertz CT molecular complexity index is 382. The Morgan fingerprint density at radius 1 is 1.16 bits per heavy atom. The predicted octanol–water partition coefficient (Wildman–Crippen LogP) is 3.43. The monoisotopic (exact) mass is 264 g/mol. The molecule has 19 heavy (non-hydrogen) atoms. The van der Waals surface area contributed by atoms with Crippen molar-refractivity contribution in [1.82, 2.24) is 0 Å². The van der Waals surface area contributed by atoms with Crippen LogP contribution in [0.1, 0.15) is 49.7 Å². The first-order valence-electron chi connectivity index (χ1n) is 7.21. The van der Waals surface area contributed by atoms with E-state index >= 15 is 0 Å². The molecule has 2 rings (SSSR count). The van der Waals surface area contributed by atoms with Crippen molar-refractivity contribution in [1.29, 1.82) is 0 Å². The van der Waals surface area contributed by atoms with E-state index in [1.165, 1.54) is 38.5 Å². The van der Waals surface area contributed by atoms with Gasteiger partial charge in [0.15, 0.2) is 0 Å². The molecule has 1 aliphatic rings. The molecule has 3 nitrogen and oxygen atoms in total. The summed E-state index contributed by atoms with van der Waals surface area (Å²) >= 11 is 0. The molecule has 0 amide bonds. The van der Waals surface area contributed by atoms with Crippen LogP contribution in [-0.2, 0) is 18.0 Å². The lowest BCUT2D eigenvalue weighted by molar-refractivity contribution is 0.0300. The summed E-state index contributed by atoms with van der Waals surface area (Å²) in [6.45, 7) is 0.627. The van der Waals surface area contributed by atoms with Gasteiger partial charge < -0.3 is 14.6 Å². The van der Waals surface area contributed by atoms with E-state index < -0.39 is 0 Å². The minimum atomic E-state index is 0.0560. The predicted molar refractivity (Wildman–Crippen MR) is 75.2 cm³/mol. The summed E-state index contributed by atoms with van der Waals surface area (Å²) in [6, 6.07) is 5.75. The van der Waals surface area contributed by atoms with Gasteiger partial charge in [-0.15, -0.1) is 0 Å². The maximum absolute atomic E-state index is 9.20. The molecule has 1 fully saturated rings. The molecule has 1 N–H and O–H groups in total. The van der Waals surface area contributed by atoms with Crippen LogP contribution in [-0.4, -0.2) is 18.3 Å². The van der Waals surface area contributed by atoms with Crippen LogP contribution in [0, 0.1) is 0 Å². The van der Waals surface area contributed by atoms with Crippen molar-refractivity contribution >= 4 is 0 Å². The van der Waals surface area contributed by atoms with Crippen molar-refractivity contribution in [3.05, 3.63) is 29.3 Å². The van der Waals surface area contributed by atoms with E-state index in [4.69, 9.17) is 9.47 Å². The number of hydrogen-bond donors (Lipinski definition) is 1. The highest BCUT2D eigenvalue weighted by atomic mass is 16.5. The van der Waals surface area contributed by atoms with Gasteiger partial charge in [0.05, 0.1) is 26.4 Å². The molecule has 0 unspecified atom stereocenters. The van der Waals surface area contributed by atoms with Gasteiger partial charge in [-0.1, -0.05) is 31.7 Å². The van der Waals surface area contributed by atoms with Crippen LogP contribution in [0.4, 0.5) is 0 Å². The Hall–Kier alpha value is -1.06. The molecule has 0 bridgehead atoms. The van der Waals surface area contributed by atoms with Gasteiger partial charge in [0.2, 0.25) is 0 Å². The van der Waals surface area contributed by atoms with Crippen molar-refractivity contribution in [2.75, 3.05) is 7.11 Å². The zero-order valence-corrected chi connectivity index (χ0v) is 11.7. The van der Waals surface area contributed by atoms with Crippen LogP contribution >= 0.6 is 0 Å². The van der Waals surface area contributed by atoms with Crippen molar-refractivity contribution in [3.8, 4) is 5.75 Å². The highest BCUT2D eigenvalue weighted by Gasteiger charge is 2.14.